The summed E-state index contributed by atoms with van der Waals surface area (Å²) < 4.78 is 5.54. The van der Waals surface area contributed by atoms with Crippen molar-refractivity contribution in [3.8, 4) is 11.5 Å². The minimum Gasteiger partial charge on any atom is -0.444 e. The number of nitrogens with one attached hydrogen (secondary N) is 1. The van der Waals surface area contributed by atoms with Gasteiger partial charge >= 0.3 is 6.03 Å². The van der Waals surface area contributed by atoms with E-state index in [2.05, 4.69) is 34.6 Å². The van der Waals surface area contributed by atoms with E-state index >= 15 is 0 Å². The second-order valence-electron chi connectivity index (χ2n) is 7.48. The van der Waals surface area contributed by atoms with E-state index in [0.717, 1.165) is 35.5 Å². The summed E-state index contributed by atoms with van der Waals surface area (Å²) in [4.78, 5) is 19.3. The molecule has 0 spiro atoms. The van der Waals surface area contributed by atoms with Crippen molar-refractivity contribution >= 4 is 11.7 Å². The number of hydrogen-bond donors (Lipinski definition) is 1. The zero-order valence-corrected chi connectivity index (χ0v) is 15.4. The van der Waals surface area contributed by atoms with E-state index in [1.165, 1.54) is 11.1 Å². The Balaban J connectivity index is 1.38. The van der Waals surface area contributed by atoms with E-state index in [-0.39, 0.29) is 12.1 Å². The lowest BCUT2D eigenvalue weighted by molar-refractivity contribution is 0.205. The van der Waals surface area contributed by atoms with Gasteiger partial charge in [0.25, 0.3) is 0 Å². The van der Waals surface area contributed by atoms with Crippen LogP contribution in [-0.2, 0) is 0 Å². The van der Waals surface area contributed by atoms with Crippen LogP contribution in [0.3, 0.4) is 0 Å². The quantitative estimate of drug-likeness (QED) is 0.698. The molecule has 2 unspecified atom stereocenters. The molecule has 5 nitrogen and oxygen atoms in total. The number of amides is 2. The highest BCUT2D eigenvalue weighted by molar-refractivity contribution is 5.91. The normalized spacial score (nSPS) is 20.0. The maximum Gasteiger partial charge on any atom is 0.322 e. The predicted molar refractivity (Wildman–Crippen MR) is 104 cm³/mol. The summed E-state index contributed by atoms with van der Waals surface area (Å²) in [5.74, 6) is 1.04. The number of anilines is 1. The molecular weight excluding hydrogens is 338 g/mol. The van der Waals surface area contributed by atoms with Gasteiger partial charge in [0.2, 0.25) is 5.89 Å². The van der Waals surface area contributed by atoms with Gasteiger partial charge in [0, 0.05) is 23.7 Å². The molecular formula is C22H21N3O2. The standard InChI is InChI=1S/C22H21N3O2/c1-13-7-8-16(10-19(13)21-23-14(2)12-27-21)24-22(26)25-11-15-9-20(25)18-6-4-3-5-17(15)18/h3-8,10,12,15,20H,9,11H2,1-2H3,(H,24,26). The molecule has 1 N–H and O–H groups in total. The maximum atomic E-state index is 12.9. The summed E-state index contributed by atoms with van der Waals surface area (Å²) >= 11 is 0. The van der Waals surface area contributed by atoms with Gasteiger partial charge in [0.05, 0.1) is 11.7 Å². The van der Waals surface area contributed by atoms with Crippen molar-refractivity contribution in [1.82, 2.24) is 9.88 Å². The summed E-state index contributed by atoms with van der Waals surface area (Å²) in [5.41, 5.74) is 6.25. The number of fused-ring (bicyclic) bond motifs is 5. The second kappa shape index (κ2) is 5.98. The number of carbonyl (C=O) groups excluding carboxylic acids is 1. The first kappa shape index (κ1) is 16.1. The minimum atomic E-state index is -0.0459. The summed E-state index contributed by atoms with van der Waals surface area (Å²) in [6.07, 6.45) is 2.67. The molecule has 2 amide bonds. The van der Waals surface area contributed by atoms with Gasteiger partial charge in [-0.25, -0.2) is 9.78 Å². The van der Waals surface area contributed by atoms with Crippen LogP contribution < -0.4 is 5.32 Å². The van der Waals surface area contributed by atoms with Crippen LogP contribution in [0.25, 0.3) is 11.5 Å². The van der Waals surface area contributed by atoms with Crippen molar-refractivity contribution in [2.24, 2.45) is 0 Å². The van der Waals surface area contributed by atoms with E-state index in [1.807, 2.05) is 36.9 Å². The summed E-state index contributed by atoms with van der Waals surface area (Å²) in [5, 5.41) is 3.06. The van der Waals surface area contributed by atoms with Gasteiger partial charge in [0.15, 0.2) is 0 Å². The molecule has 1 aliphatic heterocycles. The number of rotatable bonds is 2. The lowest BCUT2D eigenvalue weighted by Crippen LogP contribution is -2.36. The third kappa shape index (κ3) is 2.62. The van der Waals surface area contributed by atoms with Crippen LogP contribution in [0.15, 0.2) is 53.1 Å². The molecule has 2 aromatic carbocycles. The highest BCUT2D eigenvalue weighted by Gasteiger charge is 2.44. The van der Waals surface area contributed by atoms with Gasteiger partial charge in [-0.2, -0.15) is 0 Å². The van der Waals surface area contributed by atoms with Crippen molar-refractivity contribution in [1.29, 1.82) is 0 Å². The van der Waals surface area contributed by atoms with Crippen LogP contribution >= 0.6 is 0 Å². The molecule has 0 saturated carbocycles. The topological polar surface area (TPSA) is 58.4 Å². The highest BCUT2D eigenvalue weighted by atomic mass is 16.3. The third-order valence-corrected chi connectivity index (χ3v) is 5.70. The average molecular weight is 359 g/mol. The molecule has 136 valence electrons. The number of urea groups is 1. The largest absolute Gasteiger partial charge is 0.444 e. The maximum absolute atomic E-state index is 12.9. The Kier molecular flexibility index (Phi) is 3.57. The van der Waals surface area contributed by atoms with Crippen molar-refractivity contribution < 1.29 is 9.21 Å². The summed E-state index contributed by atoms with van der Waals surface area (Å²) in [6.45, 7) is 4.69. The molecule has 1 aromatic heterocycles. The number of carbonyl (C=O) groups is 1. The fraction of sp³-hybridized carbons (Fsp3) is 0.273. The molecule has 2 aliphatic rings. The monoisotopic (exact) mass is 359 g/mol. The van der Waals surface area contributed by atoms with Crippen LogP contribution in [-0.4, -0.2) is 22.5 Å². The van der Waals surface area contributed by atoms with Crippen molar-refractivity contribution in [2.45, 2.75) is 32.2 Å². The lowest BCUT2D eigenvalue weighted by atomic mass is 9.99. The zero-order valence-electron chi connectivity index (χ0n) is 15.4. The molecule has 1 saturated heterocycles. The Morgan fingerprint density at radius 1 is 1.19 bits per heavy atom. The molecule has 0 radical (unpaired) electrons. The molecule has 5 heteroatoms. The van der Waals surface area contributed by atoms with Crippen LogP contribution in [0.1, 0.15) is 40.8 Å². The molecule has 2 heterocycles. The van der Waals surface area contributed by atoms with Gasteiger partial charge in [-0.3, -0.25) is 0 Å². The number of oxazole rings is 1. The van der Waals surface area contributed by atoms with E-state index < -0.39 is 0 Å². The first-order valence-electron chi connectivity index (χ1n) is 9.30. The number of benzene rings is 2. The molecule has 3 aromatic rings. The fourth-order valence-electron chi connectivity index (χ4n) is 4.37. The van der Waals surface area contributed by atoms with E-state index in [1.54, 1.807) is 6.26 Å². The average Bonchev–Trinajstić information content (AvgIpc) is 3.38. The van der Waals surface area contributed by atoms with Crippen molar-refractivity contribution in [3.63, 3.8) is 0 Å². The molecule has 27 heavy (non-hydrogen) atoms. The second-order valence-corrected chi connectivity index (χ2v) is 7.48. The SMILES string of the molecule is Cc1coc(-c2cc(NC(=O)N3CC4CC3c3ccccc34)ccc2C)n1. The first-order chi connectivity index (χ1) is 13.1. The molecule has 5 rings (SSSR count). The predicted octanol–water partition coefficient (Wildman–Crippen LogP) is 5.03. The van der Waals surface area contributed by atoms with E-state index in [4.69, 9.17) is 4.42 Å². The van der Waals surface area contributed by atoms with E-state index in [0.29, 0.717) is 11.8 Å². The number of hydrogen-bond acceptors (Lipinski definition) is 3. The minimum absolute atomic E-state index is 0.0459. The van der Waals surface area contributed by atoms with Gasteiger partial charge in [0.1, 0.15) is 6.26 Å². The van der Waals surface area contributed by atoms with Gasteiger partial charge in [-0.1, -0.05) is 30.3 Å². The lowest BCUT2D eigenvalue weighted by Gasteiger charge is -2.29. The number of aryl methyl sites for hydroxylation is 2. The third-order valence-electron chi connectivity index (χ3n) is 5.70. The molecule has 2 atom stereocenters. The van der Waals surface area contributed by atoms with Crippen molar-refractivity contribution in [3.05, 3.63) is 71.1 Å². The number of aromatic nitrogens is 1. The van der Waals surface area contributed by atoms with Crippen LogP contribution in [0, 0.1) is 13.8 Å². The molecule has 1 fully saturated rings. The summed E-state index contributed by atoms with van der Waals surface area (Å²) in [6, 6.07) is 14.5. The fourth-order valence-corrected chi connectivity index (χ4v) is 4.37. The summed E-state index contributed by atoms with van der Waals surface area (Å²) in [7, 11) is 0. The van der Waals surface area contributed by atoms with E-state index in [9.17, 15) is 4.79 Å². The smallest absolute Gasteiger partial charge is 0.322 e. The first-order valence-corrected chi connectivity index (χ1v) is 9.30. The van der Waals surface area contributed by atoms with Gasteiger partial charge in [-0.15, -0.1) is 0 Å². The highest BCUT2D eigenvalue weighted by Crippen LogP contribution is 2.50. The van der Waals surface area contributed by atoms with Crippen LogP contribution in [0.4, 0.5) is 10.5 Å². The van der Waals surface area contributed by atoms with Crippen LogP contribution in [0.5, 0.6) is 0 Å². The molecule has 1 aliphatic carbocycles. The zero-order chi connectivity index (χ0) is 18.5. The Morgan fingerprint density at radius 3 is 2.78 bits per heavy atom. The van der Waals surface area contributed by atoms with Crippen LogP contribution in [0.2, 0.25) is 0 Å². The van der Waals surface area contributed by atoms with Gasteiger partial charge in [-0.05, 0) is 49.1 Å². The number of likely N-dealkylation sites (tertiary alicyclic amines) is 1. The van der Waals surface area contributed by atoms with Gasteiger partial charge < -0.3 is 14.6 Å². The Bertz CT molecular complexity index is 1040. The Labute approximate surface area is 158 Å². The Hall–Kier alpha value is -3.08. The number of nitrogens with zero attached hydrogens (tertiary/aromatic N) is 2. The Morgan fingerprint density at radius 2 is 2.00 bits per heavy atom. The molecule has 2 bridgehead atoms. The van der Waals surface area contributed by atoms with Crippen molar-refractivity contribution in [2.75, 3.05) is 11.9 Å².